The van der Waals surface area contributed by atoms with Crippen molar-refractivity contribution in [2.45, 2.75) is 44.3 Å². The maximum absolute atomic E-state index is 13.6. The fraction of sp³-hybridized carbons (Fsp3) is 0.500. The minimum Gasteiger partial charge on any atom is -0.370 e. The van der Waals surface area contributed by atoms with E-state index in [1.54, 1.807) is 10.9 Å². The number of nitrogens with one attached hydrogen (secondary N) is 1. The van der Waals surface area contributed by atoms with Gasteiger partial charge in [0.25, 0.3) is 0 Å². The van der Waals surface area contributed by atoms with Crippen molar-refractivity contribution in [3.05, 3.63) is 53.0 Å². The lowest BCUT2D eigenvalue weighted by atomic mass is 10.0. The second kappa shape index (κ2) is 9.28. The number of hydrogen-bond acceptors (Lipinski definition) is 7. The highest BCUT2D eigenvalue weighted by Gasteiger charge is 2.42. The summed E-state index contributed by atoms with van der Waals surface area (Å²) in [6.07, 6.45) is -2.43. The molecule has 2 fully saturated rings. The molecule has 2 aromatic heterocycles. The number of rotatable bonds is 4. The summed E-state index contributed by atoms with van der Waals surface area (Å²) in [5.74, 6) is 0. The van der Waals surface area contributed by atoms with E-state index in [2.05, 4.69) is 31.3 Å². The van der Waals surface area contributed by atoms with Crippen LogP contribution in [-0.4, -0.2) is 71.1 Å². The van der Waals surface area contributed by atoms with Crippen LogP contribution in [0.2, 0.25) is 0 Å². The highest BCUT2D eigenvalue weighted by atomic mass is 19.4. The lowest BCUT2D eigenvalue weighted by Gasteiger charge is -2.45. The van der Waals surface area contributed by atoms with Crippen molar-refractivity contribution in [2.75, 3.05) is 44.2 Å². The number of alkyl halides is 3. The summed E-state index contributed by atoms with van der Waals surface area (Å²) in [4.78, 5) is 8.94. The predicted molar refractivity (Wildman–Crippen MR) is 131 cm³/mol. The first-order chi connectivity index (χ1) is 17.8. The summed E-state index contributed by atoms with van der Waals surface area (Å²) >= 11 is 0. The van der Waals surface area contributed by atoms with E-state index in [4.69, 9.17) is 4.74 Å². The Balaban J connectivity index is 1.15. The Morgan fingerprint density at radius 1 is 1.19 bits per heavy atom. The highest BCUT2D eigenvalue weighted by molar-refractivity contribution is 5.95. The van der Waals surface area contributed by atoms with Gasteiger partial charge in [0.05, 0.1) is 35.0 Å². The SMILES string of the molecule is C[C@@H]1CN(c2ccc(C#N)c3ncccc23)C[C@H](CN2CC(n3nc(C(F)(F)F)c4c3CNCC4)C2)O1. The molecule has 0 amide bonds. The van der Waals surface area contributed by atoms with Crippen LogP contribution < -0.4 is 10.2 Å². The van der Waals surface area contributed by atoms with Gasteiger partial charge in [-0.25, -0.2) is 0 Å². The topological polar surface area (TPSA) is 82.2 Å². The molecule has 8 nitrogen and oxygen atoms in total. The van der Waals surface area contributed by atoms with E-state index in [1.165, 1.54) is 0 Å². The van der Waals surface area contributed by atoms with E-state index in [0.717, 1.165) is 17.6 Å². The second-order valence-corrected chi connectivity index (χ2v) is 10.1. The standard InChI is InChI=1S/C26H28F3N7O/c1-16-11-35(22-5-4-17(9-30)24-20(22)3-2-7-32-24)15-19(37-16)14-34-12-18(13-34)36-23-10-31-8-6-21(23)25(33-36)26(27,28)29/h2-5,7,16,18-19,31H,6,8,10-15H2,1H3/t16-,19+/m1/s1. The van der Waals surface area contributed by atoms with Gasteiger partial charge in [0.15, 0.2) is 5.69 Å². The molecule has 0 unspecified atom stereocenters. The quantitative estimate of drug-likeness (QED) is 0.577. The molecule has 1 N–H and O–H groups in total. The molecule has 11 heteroatoms. The van der Waals surface area contributed by atoms with Crippen LogP contribution in [0.25, 0.3) is 10.9 Å². The monoisotopic (exact) mass is 511 g/mol. The van der Waals surface area contributed by atoms with Crippen molar-refractivity contribution in [3.63, 3.8) is 0 Å². The molecule has 194 valence electrons. The Kier molecular flexibility index (Phi) is 6.06. The summed E-state index contributed by atoms with van der Waals surface area (Å²) in [5, 5.41) is 17.6. The maximum atomic E-state index is 13.6. The third kappa shape index (κ3) is 4.43. The number of hydrogen-bond donors (Lipinski definition) is 1. The van der Waals surface area contributed by atoms with Gasteiger partial charge >= 0.3 is 6.18 Å². The number of benzene rings is 1. The molecule has 5 heterocycles. The van der Waals surface area contributed by atoms with Gasteiger partial charge in [-0.1, -0.05) is 0 Å². The normalized spacial score (nSPS) is 23.1. The molecule has 37 heavy (non-hydrogen) atoms. The molecule has 3 aliphatic heterocycles. The molecule has 3 aromatic rings. The number of morpholine rings is 1. The van der Waals surface area contributed by atoms with Gasteiger partial charge in [-0.05, 0) is 44.2 Å². The number of pyridine rings is 1. The fourth-order valence-corrected chi connectivity index (χ4v) is 5.90. The van der Waals surface area contributed by atoms with E-state index in [0.29, 0.717) is 68.0 Å². The zero-order valence-electron chi connectivity index (χ0n) is 20.5. The molecule has 3 aliphatic rings. The van der Waals surface area contributed by atoms with E-state index in [1.807, 2.05) is 31.2 Å². The third-order valence-corrected chi connectivity index (χ3v) is 7.51. The lowest BCUT2D eigenvalue weighted by molar-refractivity contribution is -0.142. The summed E-state index contributed by atoms with van der Waals surface area (Å²) < 4.78 is 48.6. The van der Waals surface area contributed by atoms with Crippen molar-refractivity contribution in [3.8, 4) is 6.07 Å². The number of ether oxygens (including phenoxy) is 1. The second-order valence-electron chi connectivity index (χ2n) is 10.1. The van der Waals surface area contributed by atoms with Crippen molar-refractivity contribution >= 4 is 16.6 Å². The van der Waals surface area contributed by atoms with E-state index in [9.17, 15) is 18.4 Å². The molecule has 6 rings (SSSR count). The van der Waals surface area contributed by atoms with Gasteiger partial charge in [-0.2, -0.15) is 23.5 Å². The number of nitriles is 1. The molecular weight excluding hydrogens is 483 g/mol. The van der Waals surface area contributed by atoms with Crippen LogP contribution in [0, 0.1) is 11.3 Å². The molecule has 0 spiro atoms. The minimum absolute atomic E-state index is 0.0109. The van der Waals surface area contributed by atoms with Crippen LogP contribution in [0.4, 0.5) is 18.9 Å². The first kappa shape index (κ1) is 24.2. The largest absolute Gasteiger partial charge is 0.435 e. The highest BCUT2D eigenvalue weighted by Crippen LogP contribution is 2.36. The molecular formula is C26H28F3N7O. The van der Waals surface area contributed by atoms with Crippen LogP contribution in [0.1, 0.15) is 35.5 Å². The zero-order chi connectivity index (χ0) is 25.7. The van der Waals surface area contributed by atoms with Gasteiger partial charge in [-0.15, -0.1) is 0 Å². The number of fused-ring (bicyclic) bond motifs is 2. The average molecular weight is 512 g/mol. The molecule has 0 saturated carbocycles. The van der Waals surface area contributed by atoms with Crippen LogP contribution in [0.5, 0.6) is 0 Å². The van der Waals surface area contributed by atoms with Gasteiger partial charge in [0, 0.05) is 62.1 Å². The van der Waals surface area contributed by atoms with Crippen molar-refractivity contribution in [1.29, 1.82) is 5.26 Å². The predicted octanol–water partition coefficient (Wildman–Crippen LogP) is 3.12. The minimum atomic E-state index is -4.43. The third-order valence-electron chi connectivity index (χ3n) is 7.51. The van der Waals surface area contributed by atoms with Crippen molar-refractivity contribution in [2.24, 2.45) is 0 Å². The summed E-state index contributed by atoms with van der Waals surface area (Å²) in [6, 6.07) is 9.80. The van der Waals surface area contributed by atoms with E-state index in [-0.39, 0.29) is 18.2 Å². The van der Waals surface area contributed by atoms with Crippen molar-refractivity contribution < 1.29 is 17.9 Å². The van der Waals surface area contributed by atoms with E-state index < -0.39 is 11.9 Å². The molecule has 0 aliphatic carbocycles. The van der Waals surface area contributed by atoms with Crippen molar-refractivity contribution in [1.82, 2.24) is 25.0 Å². The first-order valence-electron chi connectivity index (χ1n) is 12.6. The summed E-state index contributed by atoms with van der Waals surface area (Å²) in [7, 11) is 0. The number of anilines is 1. The van der Waals surface area contributed by atoms with Crippen LogP contribution >= 0.6 is 0 Å². The maximum Gasteiger partial charge on any atom is 0.435 e. The first-order valence-corrected chi connectivity index (χ1v) is 12.6. The number of aromatic nitrogens is 3. The Labute approximate surface area is 212 Å². The molecule has 1 aromatic carbocycles. The smallest absolute Gasteiger partial charge is 0.370 e. The Morgan fingerprint density at radius 3 is 2.81 bits per heavy atom. The number of halogens is 3. The number of likely N-dealkylation sites (tertiary alicyclic amines) is 1. The fourth-order valence-electron chi connectivity index (χ4n) is 5.90. The lowest BCUT2D eigenvalue weighted by Crippen LogP contribution is -2.56. The Morgan fingerprint density at radius 2 is 2.03 bits per heavy atom. The average Bonchev–Trinajstić information content (AvgIpc) is 3.25. The zero-order valence-corrected chi connectivity index (χ0v) is 20.5. The van der Waals surface area contributed by atoms with E-state index >= 15 is 0 Å². The van der Waals surface area contributed by atoms with Gasteiger partial charge in [0.1, 0.15) is 6.07 Å². The van der Waals surface area contributed by atoms with Crippen LogP contribution in [0.15, 0.2) is 30.5 Å². The van der Waals surface area contributed by atoms with Gasteiger partial charge in [-0.3, -0.25) is 14.6 Å². The molecule has 2 atom stereocenters. The van der Waals surface area contributed by atoms with Gasteiger partial charge < -0.3 is 15.0 Å². The Hall–Kier alpha value is -3.20. The Bertz CT molecular complexity index is 1360. The number of nitrogens with zero attached hydrogens (tertiary/aromatic N) is 6. The van der Waals surface area contributed by atoms with Gasteiger partial charge in [0.2, 0.25) is 0 Å². The molecule has 2 saturated heterocycles. The molecule has 0 bridgehead atoms. The van der Waals surface area contributed by atoms with Crippen LogP contribution in [0.3, 0.4) is 0 Å². The summed E-state index contributed by atoms with van der Waals surface area (Å²) in [5.41, 5.74) is 2.55. The molecule has 0 radical (unpaired) electrons. The summed E-state index contributed by atoms with van der Waals surface area (Å²) in [6.45, 7) is 6.38. The van der Waals surface area contributed by atoms with Crippen LogP contribution in [-0.2, 0) is 23.9 Å².